The largest absolute Gasteiger partial charge is 0.350 e. The molecule has 6 heteroatoms. The molecule has 3 N–H and O–H groups in total. The molecular weight excluding hydrogens is 393 g/mol. The minimum Gasteiger partial charge on any atom is -0.350 e. The van der Waals surface area contributed by atoms with E-state index in [-0.39, 0.29) is 5.91 Å². The van der Waals surface area contributed by atoms with Crippen LogP contribution < -0.4 is 10.6 Å². The van der Waals surface area contributed by atoms with Crippen LogP contribution in [0.1, 0.15) is 58.5 Å². The van der Waals surface area contributed by atoms with Gasteiger partial charge in [0.1, 0.15) is 11.5 Å². The average molecular weight is 420 g/mol. The number of anilines is 1. The zero-order valence-corrected chi connectivity index (χ0v) is 17.6. The molecule has 5 nitrogen and oxygen atoms in total. The van der Waals surface area contributed by atoms with Crippen molar-refractivity contribution in [3.63, 3.8) is 0 Å². The van der Waals surface area contributed by atoms with Crippen LogP contribution in [0, 0.1) is 12.7 Å². The molecule has 0 radical (unpaired) electrons. The van der Waals surface area contributed by atoms with Gasteiger partial charge in [-0.25, -0.2) is 4.39 Å². The number of halogens is 1. The summed E-state index contributed by atoms with van der Waals surface area (Å²) in [6.07, 6.45) is 7.77. The fourth-order valence-corrected chi connectivity index (χ4v) is 3.95. The van der Waals surface area contributed by atoms with E-state index >= 15 is 0 Å². The lowest BCUT2D eigenvalue weighted by Gasteiger charge is -2.13. The van der Waals surface area contributed by atoms with Gasteiger partial charge in [-0.1, -0.05) is 23.3 Å². The first-order valence-electron chi connectivity index (χ1n) is 10.7. The van der Waals surface area contributed by atoms with E-state index in [4.69, 9.17) is 0 Å². The SMILES string of the molecule is Cc1ccc2[nH]c(C(=O)NCCC3=CCCCC3)c(NC(=O)c3ccc(F)cc3)c2c1. The number of allylic oxidation sites excluding steroid dienone is 1. The van der Waals surface area contributed by atoms with E-state index in [0.717, 1.165) is 35.7 Å². The molecule has 31 heavy (non-hydrogen) atoms. The van der Waals surface area contributed by atoms with Gasteiger partial charge in [-0.2, -0.15) is 0 Å². The van der Waals surface area contributed by atoms with E-state index in [1.807, 2.05) is 25.1 Å². The van der Waals surface area contributed by atoms with Gasteiger partial charge in [0.2, 0.25) is 0 Å². The summed E-state index contributed by atoms with van der Waals surface area (Å²) in [5.41, 5.74) is 4.24. The Kier molecular flexibility index (Phi) is 6.16. The third kappa shape index (κ3) is 4.85. The van der Waals surface area contributed by atoms with Crippen LogP contribution in [0.4, 0.5) is 10.1 Å². The summed E-state index contributed by atoms with van der Waals surface area (Å²) in [5, 5.41) is 6.58. The van der Waals surface area contributed by atoms with Gasteiger partial charge in [0.25, 0.3) is 11.8 Å². The lowest BCUT2D eigenvalue weighted by molar-refractivity contribution is 0.0950. The maximum atomic E-state index is 13.2. The molecule has 1 heterocycles. The van der Waals surface area contributed by atoms with Crippen molar-refractivity contribution in [3.05, 3.63) is 76.8 Å². The molecule has 2 amide bonds. The van der Waals surface area contributed by atoms with Crippen molar-refractivity contribution in [2.24, 2.45) is 0 Å². The number of hydrogen-bond donors (Lipinski definition) is 3. The fraction of sp³-hybridized carbons (Fsp3) is 0.280. The molecule has 0 spiro atoms. The minimum atomic E-state index is -0.410. The number of nitrogens with one attached hydrogen (secondary N) is 3. The van der Waals surface area contributed by atoms with Gasteiger partial charge in [-0.05, 0) is 75.4 Å². The minimum absolute atomic E-state index is 0.264. The second-order valence-electron chi connectivity index (χ2n) is 8.00. The molecule has 0 unspecified atom stereocenters. The highest BCUT2D eigenvalue weighted by Crippen LogP contribution is 2.29. The Hall–Kier alpha value is -3.41. The van der Waals surface area contributed by atoms with E-state index in [1.165, 1.54) is 42.7 Å². The molecule has 1 aliphatic carbocycles. The third-order valence-electron chi connectivity index (χ3n) is 5.64. The molecule has 2 aromatic carbocycles. The number of amides is 2. The first kappa shape index (κ1) is 20.8. The zero-order chi connectivity index (χ0) is 21.8. The van der Waals surface area contributed by atoms with E-state index in [0.29, 0.717) is 23.5 Å². The van der Waals surface area contributed by atoms with Crippen LogP contribution in [0.15, 0.2) is 54.1 Å². The quantitative estimate of drug-likeness (QED) is 0.462. The zero-order valence-electron chi connectivity index (χ0n) is 17.6. The van der Waals surface area contributed by atoms with Crippen LogP contribution in [0.5, 0.6) is 0 Å². The summed E-state index contributed by atoms with van der Waals surface area (Å²) < 4.78 is 13.2. The van der Waals surface area contributed by atoms with Crippen LogP contribution in [-0.4, -0.2) is 23.3 Å². The number of hydrogen-bond acceptors (Lipinski definition) is 2. The molecule has 0 saturated heterocycles. The van der Waals surface area contributed by atoms with Crippen LogP contribution in [0.25, 0.3) is 10.9 Å². The van der Waals surface area contributed by atoms with Gasteiger partial charge in [-0.3, -0.25) is 9.59 Å². The van der Waals surface area contributed by atoms with Gasteiger partial charge in [0.15, 0.2) is 0 Å². The Labute approximate surface area is 180 Å². The monoisotopic (exact) mass is 419 g/mol. The number of carbonyl (C=O) groups excluding carboxylic acids is 2. The van der Waals surface area contributed by atoms with Crippen LogP contribution in [0.3, 0.4) is 0 Å². The highest BCUT2D eigenvalue weighted by atomic mass is 19.1. The van der Waals surface area contributed by atoms with Crippen LogP contribution >= 0.6 is 0 Å². The van der Waals surface area contributed by atoms with E-state index in [1.54, 1.807) is 0 Å². The average Bonchev–Trinajstić information content (AvgIpc) is 3.12. The van der Waals surface area contributed by atoms with Gasteiger partial charge < -0.3 is 15.6 Å². The Morgan fingerprint density at radius 1 is 1.06 bits per heavy atom. The Bertz CT molecular complexity index is 1150. The number of aryl methyl sites for hydroxylation is 1. The molecule has 0 atom stereocenters. The van der Waals surface area contributed by atoms with Crippen molar-refractivity contribution in [3.8, 4) is 0 Å². The second kappa shape index (κ2) is 9.16. The summed E-state index contributed by atoms with van der Waals surface area (Å²) in [4.78, 5) is 28.9. The summed E-state index contributed by atoms with van der Waals surface area (Å²) in [7, 11) is 0. The number of H-pyrrole nitrogens is 1. The Morgan fingerprint density at radius 3 is 2.61 bits per heavy atom. The van der Waals surface area contributed by atoms with Crippen molar-refractivity contribution in [2.75, 3.05) is 11.9 Å². The standard InChI is InChI=1S/C25H26FN3O2/c1-16-7-12-21-20(15-16)22(29-24(30)18-8-10-19(26)11-9-18)23(28-21)25(31)27-14-13-17-5-3-2-4-6-17/h5,7-12,15,28H,2-4,6,13-14H2,1H3,(H,27,31)(H,29,30). The van der Waals surface area contributed by atoms with E-state index < -0.39 is 11.7 Å². The number of benzene rings is 2. The first-order chi connectivity index (χ1) is 15.0. The smallest absolute Gasteiger partial charge is 0.269 e. The van der Waals surface area contributed by atoms with Gasteiger partial charge in [0.05, 0.1) is 5.69 Å². The molecule has 0 bridgehead atoms. The molecular formula is C25H26FN3O2. The summed E-state index contributed by atoms with van der Waals surface area (Å²) in [6, 6.07) is 11.1. The third-order valence-corrected chi connectivity index (χ3v) is 5.64. The van der Waals surface area contributed by atoms with E-state index in [2.05, 4.69) is 21.7 Å². The van der Waals surface area contributed by atoms with Gasteiger partial charge in [-0.15, -0.1) is 0 Å². The second-order valence-corrected chi connectivity index (χ2v) is 8.00. The number of aromatic amines is 1. The van der Waals surface area contributed by atoms with Crippen molar-refractivity contribution >= 4 is 28.4 Å². The molecule has 1 aromatic heterocycles. The van der Waals surface area contributed by atoms with Gasteiger partial charge in [0, 0.05) is 23.0 Å². The molecule has 1 aliphatic rings. The van der Waals surface area contributed by atoms with Crippen molar-refractivity contribution in [1.82, 2.24) is 10.3 Å². The lowest BCUT2D eigenvalue weighted by atomic mass is 9.97. The lowest BCUT2D eigenvalue weighted by Crippen LogP contribution is -2.26. The highest BCUT2D eigenvalue weighted by Gasteiger charge is 2.20. The van der Waals surface area contributed by atoms with Crippen LogP contribution in [0.2, 0.25) is 0 Å². The molecule has 0 fully saturated rings. The fourth-order valence-electron chi connectivity index (χ4n) is 3.95. The predicted molar refractivity (Wildman–Crippen MR) is 121 cm³/mol. The topological polar surface area (TPSA) is 74.0 Å². The maximum Gasteiger partial charge on any atom is 0.269 e. The number of aromatic nitrogens is 1. The van der Waals surface area contributed by atoms with Gasteiger partial charge >= 0.3 is 0 Å². The maximum absolute atomic E-state index is 13.2. The summed E-state index contributed by atoms with van der Waals surface area (Å²) in [5.74, 6) is -1.07. The number of carbonyl (C=O) groups is 2. The first-order valence-corrected chi connectivity index (χ1v) is 10.7. The van der Waals surface area contributed by atoms with Crippen molar-refractivity contribution in [1.29, 1.82) is 0 Å². The molecule has 3 aromatic rings. The number of fused-ring (bicyclic) bond motifs is 1. The Morgan fingerprint density at radius 2 is 1.87 bits per heavy atom. The number of rotatable bonds is 6. The predicted octanol–water partition coefficient (Wildman–Crippen LogP) is 5.49. The molecule has 4 rings (SSSR count). The molecule has 0 aliphatic heterocycles. The van der Waals surface area contributed by atoms with E-state index in [9.17, 15) is 14.0 Å². The molecule has 0 saturated carbocycles. The highest BCUT2D eigenvalue weighted by molar-refractivity contribution is 6.15. The molecule has 160 valence electrons. The normalized spacial score (nSPS) is 13.7. The summed E-state index contributed by atoms with van der Waals surface area (Å²) >= 11 is 0. The summed E-state index contributed by atoms with van der Waals surface area (Å²) in [6.45, 7) is 2.50. The Balaban J connectivity index is 1.57. The van der Waals surface area contributed by atoms with Crippen LogP contribution in [-0.2, 0) is 0 Å². The van der Waals surface area contributed by atoms with Crippen molar-refractivity contribution in [2.45, 2.75) is 39.0 Å². The van der Waals surface area contributed by atoms with Crippen molar-refractivity contribution < 1.29 is 14.0 Å².